The fourth-order valence-electron chi connectivity index (χ4n) is 3.49. The molecule has 0 radical (unpaired) electrons. The van der Waals surface area contributed by atoms with Crippen LogP contribution in [0.15, 0.2) is 24.8 Å². The number of nitrogens with zero attached hydrogens (tertiary/aromatic N) is 5. The molecule has 0 aromatic carbocycles. The minimum absolute atomic E-state index is 0.0206. The van der Waals surface area contributed by atoms with Crippen LogP contribution < -0.4 is 10.1 Å². The first-order valence-electron chi connectivity index (χ1n) is 9.62. The Morgan fingerprint density at radius 1 is 1.19 bits per heavy atom. The summed E-state index contributed by atoms with van der Waals surface area (Å²) in [6.45, 7) is 3.67. The third-order valence-corrected chi connectivity index (χ3v) is 4.82. The molecule has 0 saturated carbocycles. The van der Waals surface area contributed by atoms with E-state index >= 15 is 0 Å². The van der Waals surface area contributed by atoms with Crippen molar-refractivity contribution in [3.05, 3.63) is 36.3 Å². The summed E-state index contributed by atoms with van der Waals surface area (Å²) in [5, 5.41) is 11.7. The zero-order valence-corrected chi connectivity index (χ0v) is 17.0. The number of fused-ring (bicyclic) bond motifs is 1. The van der Waals surface area contributed by atoms with Crippen molar-refractivity contribution in [1.29, 1.82) is 5.26 Å². The monoisotopic (exact) mass is 452 g/mol. The molecule has 0 aliphatic carbocycles. The summed E-state index contributed by atoms with van der Waals surface area (Å²) in [7, 11) is 0. The quantitative estimate of drug-likeness (QED) is 0.720. The normalized spacial score (nSPS) is 26.8. The minimum atomic E-state index is -4.61. The van der Waals surface area contributed by atoms with Gasteiger partial charge >= 0.3 is 6.18 Å². The number of rotatable bonds is 5. The van der Waals surface area contributed by atoms with E-state index in [0.29, 0.717) is 11.9 Å². The second-order valence-electron chi connectivity index (χ2n) is 7.64. The Morgan fingerprint density at radius 3 is 2.59 bits per heavy atom. The summed E-state index contributed by atoms with van der Waals surface area (Å²) in [6.07, 6.45) is -1.63. The average Bonchev–Trinajstić information content (AvgIpc) is 3.09. The van der Waals surface area contributed by atoms with Gasteiger partial charge in [0.2, 0.25) is 5.82 Å². The second kappa shape index (κ2) is 8.45. The van der Waals surface area contributed by atoms with Crippen molar-refractivity contribution >= 4 is 5.82 Å². The van der Waals surface area contributed by atoms with E-state index in [2.05, 4.69) is 25.3 Å². The Kier molecular flexibility index (Phi) is 5.85. The van der Waals surface area contributed by atoms with Gasteiger partial charge in [0, 0.05) is 0 Å². The number of halogens is 3. The van der Waals surface area contributed by atoms with Crippen molar-refractivity contribution < 1.29 is 32.1 Å². The molecule has 0 bridgehead atoms. The number of hydrogen-bond donors (Lipinski definition) is 1. The number of ether oxygens (including phenoxy) is 4. The van der Waals surface area contributed by atoms with E-state index in [-0.39, 0.29) is 24.9 Å². The first kappa shape index (κ1) is 22.1. The molecular formula is C19H19F3N6O4. The molecule has 2 aromatic heterocycles. The van der Waals surface area contributed by atoms with Gasteiger partial charge in [-0.15, -0.1) is 0 Å². The van der Waals surface area contributed by atoms with E-state index in [9.17, 15) is 13.2 Å². The van der Waals surface area contributed by atoms with E-state index in [1.807, 2.05) is 6.07 Å². The lowest BCUT2D eigenvalue weighted by atomic mass is 9.98. The molecule has 0 spiro atoms. The van der Waals surface area contributed by atoms with Crippen molar-refractivity contribution in [2.75, 3.05) is 18.5 Å². The lowest BCUT2D eigenvalue weighted by molar-refractivity contribution is -0.156. The van der Waals surface area contributed by atoms with Crippen molar-refractivity contribution in [2.45, 2.75) is 50.2 Å². The molecule has 4 heterocycles. The van der Waals surface area contributed by atoms with Gasteiger partial charge in [0.05, 0.1) is 37.4 Å². The summed E-state index contributed by atoms with van der Waals surface area (Å²) in [6, 6.07) is 1.28. The summed E-state index contributed by atoms with van der Waals surface area (Å²) < 4.78 is 62.3. The largest absolute Gasteiger partial charge is 0.488 e. The molecule has 4 rings (SSSR count). The highest BCUT2D eigenvalue weighted by molar-refractivity contribution is 5.35. The van der Waals surface area contributed by atoms with E-state index in [4.69, 9.17) is 24.2 Å². The molecule has 2 aliphatic heterocycles. The van der Waals surface area contributed by atoms with Crippen molar-refractivity contribution in [3.8, 4) is 11.8 Å². The Balaban J connectivity index is 1.45. The molecule has 10 nitrogen and oxygen atoms in total. The van der Waals surface area contributed by atoms with E-state index in [1.54, 1.807) is 13.8 Å². The van der Waals surface area contributed by atoms with Crippen LogP contribution in [0, 0.1) is 11.3 Å². The van der Waals surface area contributed by atoms with Crippen LogP contribution in [0.3, 0.4) is 0 Å². The SMILES string of the molecule is CC1(C)O[C@@H]2[C@H](O1)[C@@H](Nc1cncc(C(F)(F)F)n1)CO[C@@H]2COc1cnc(C#N)nc1. The average molecular weight is 452 g/mol. The van der Waals surface area contributed by atoms with Crippen LogP contribution in [0.4, 0.5) is 19.0 Å². The fourth-order valence-corrected chi connectivity index (χ4v) is 3.49. The van der Waals surface area contributed by atoms with Crippen LogP contribution in [0.5, 0.6) is 5.75 Å². The molecule has 1 N–H and O–H groups in total. The smallest absolute Gasteiger partial charge is 0.434 e. The standard InChI is InChI=1S/C19H19F3N6O4/c1-18(2)31-16-11(27-15-7-24-6-13(28-15)19(20,21)22)8-30-12(17(16)32-18)9-29-10-4-25-14(3-23)26-5-10/h4-7,11-12,16-17H,8-9H2,1-2H3,(H,27,28)/t11-,12+,16+,17-/m0/s1. The number of hydrogen-bond acceptors (Lipinski definition) is 10. The van der Waals surface area contributed by atoms with Crippen molar-refractivity contribution in [3.63, 3.8) is 0 Å². The number of nitriles is 1. The molecule has 0 amide bonds. The maximum absolute atomic E-state index is 12.9. The van der Waals surface area contributed by atoms with Gasteiger partial charge in [-0.05, 0) is 13.8 Å². The maximum atomic E-state index is 12.9. The predicted molar refractivity (Wildman–Crippen MR) is 100 cm³/mol. The summed E-state index contributed by atoms with van der Waals surface area (Å²) in [5.74, 6) is -0.614. The Labute approximate surface area is 180 Å². The zero-order chi connectivity index (χ0) is 22.9. The van der Waals surface area contributed by atoms with Gasteiger partial charge in [-0.2, -0.15) is 18.4 Å². The topological polar surface area (TPSA) is 124 Å². The minimum Gasteiger partial charge on any atom is -0.488 e. The second-order valence-corrected chi connectivity index (χ2v) is 7.64. The van der Waals surface area contributed by atoms with Crippen LogP contribution >= 0.6 is 0 Å². The van der Waals surface area contributed by atoms with Gasteiger partial charge in [0.25, 0.3) is 0 Å². The van der Waals surface area contributed by atoms with E-state index in [1.165, 1.54) is 18.6 Å². The third kappa shape index (κ3) is 4.87. The number of nitrogens with one attached hydrogen (secondary N) is 1. The van der Waals surface area contributed by atoms with Crippen LogP contribution in [0.2, 0.25) is 0 Å². The molecular weight excluding hydrogens is 433 g/mol. The highest BCUT2D eigenvalue weighted by Crippen LogP contribution is 2.36. The zero-order valence-electron chi connectivity index (χ0n) is 17.0. The van der Waals surface area contributed by atoms with Crippen molar-refractivity contribution in [2.24, 2.45) is 0 Å². The Bertz CT molecular complexity index is 998. The van der Waals surface area contributed by atoms with Crippen LogP contribution in [0.25, 0.3) is 0 Å². The van der Waals surface area contributed by atoms with Crippen LogP contribution in [-0.2, 0) is 20.4 Å². The Hall–Kier alpha value is -3.08. The predicted octanol–water partition coefficient (Wildman–Crippen LogP) is 1.94. The summed E-state index contributed by atoms with van der Waals surface area (Å²) in [4.78, 5) is 14.9. The Morgan fingerprint density at radius 2 is 1.91 bits per heavy atom. The molecule has 0 unspecified atom stereocenters. The first-order valence-corrected chi connectivity index (χ1v) is 9.62. The van der Waals surface area contributed by atoms with Gasteiger partial charge in [0.1, 0.15) is 36.8 Å². The molecule has 4 atom stereocenters. The van der Waals surface area contributed by atoms with Crippen LogP contribution in [-0.4, -0.2) is 63.3 Å². The molecule has 2 aromatic rings. The third-order valence-electron chi connectivity index (χ3n) is 4.82. The van der Waals surface area contributed by atoms with E-state index in [0.717, 1.165) is 0 Å². The molecule has 32 heavy (non-hydrogen) atoms. The van der Waals surface area contributed by atoms with Gasteiger partial charge in [-0.3, -0.25) is 4.98 Å². The van der Waals surface area contributed by atoms with Gasteiger partial charge in [0.15, 0.2) is 17.2 Å². The lowest BCUT2D eigenvalue weighted by Crippen LogP contribution is -2.55. The van der Waals surface area contributed by atoms with E-state index < -0.39 is 42.0 Å². The highest BCUT2D eigenvalue weighted by atomic mass is 19.4. The molecule has 170 valence electrons. The fraction of sp³-hybridized carbons (Fsp3) is 0.526. The maximum Gasteiger partial charge on any atom is 0.434 e. The summed E-state index contributed by atoms with van der Waals surface area (Å²) >= 11 is 0. The highest BCUT2D eigenvalue weighted by Gasteiger charge is 2.52. The molecule has 2 fully saturated rings. The molecule has 2 aliphatic rings. The van der Waals surface area contributed by atoms with Gasteiger partial charge < -0.3 is 24.3 Å². The molecule has 13 heteroatoms. The van der Waals surface area contributed by atoms with Gasteiger partial charge in [-0.1, -0.05) is 0 Å². The molecule has 2 saturated heterocycles. The number of aromatic nitrogens is 4. The summed E-state index contributed by atoms with van der Waals surface area (Å²) in [5.41, 5.74) is -1.10. The van der Waals surface area contributed by atoms with Crippen LogP contribution in [0.1, 0.15) is 25.4 Å². The first-order chi connectivity index (χ1) is 15.1. The van der Waals surface area contributed by atoms with Gasteiger partial charge in [-0.25, -0.2) is 15.0 Å². The lowest BCUT2D eigenvalue weighted by Gasteiger charge is -2.37. The van der Waals surface area contributed by atoms with Crippen molar-refractivity contribution in [1.82, 2.24) is 19.9 Å². The number of anilines is 1. The number of alkyl halides is 3.